The van der Waals surface area contributed by atoms with E-state index in [2.05, 4.69) is 19.5 Å². The summed E-state index contributed by atoms with van der Waals surface area (Å²) >= 11 is 1.08. The van der Waals surface area contributed by atoms with Gasteiger partial charge in [0, 0.05) is 17.7 Å². The highest BCUT2D eigenvalue weighted by Crippen LogP contribution is 2.26. The molecule has 1 fully saturated rings. The van der Waals surface area contributed by atoms with Crippen molar-refractivity contribution in [1.82, 2.24) is 18.9 Å². The van der Waals surface area contributed by atoms with Crippen LogP contribution in [-0.2, 0) is 4.84 Å². The van der Waals surface area contributed by atoms with Crippen LogP contribution in [0.15, 0.2) is 28.5 Å². The number of hydrogen-bond acceptors (Lipinski definition) is 9. The molecule has 0 aromatic carbocycles. The first kappa shape index (κ1) is 20.0. The normalized spacial score (nSPS) is 14.0. The van der Waals surface area contributed by atoms with Gasteiger partial charge in [-0.3, -0.25) is 9.36 Å². The standard InChI is InChI=1S/C19H20N6O4S/c1-10-5-13(24-6-11(7-24)23-29-19(2,3)4)22-16-14(10)15(26)12(17(27)28)8-25(16)18-20-9-21-30-18/h5,8-9H,6-7H2,1-4H3,(H,27,28). The number of anilines is 1. The number of nitrogens with zero attached hydrogens (tertiary/aromatic N) is 6. The van der Waals surface area contributed by atoms with E-state index in [1.165, 1.54) is 17.1 Å². The highest BCUT2D eigenvalue weighted by atomic mass is 32.1. The third-order valence-corrected chi connectivity index (χ3v) is 5.11. The van der Waals surface area contributed by atoms with Gasteiger partial charge in [0.15, 0.2) is 5.65 Å². The SMILES string of the molecule is Cc1cc(N2CC(=NOC(C)(C)C)C2)nc2c1c(=O)c(C(=O)O)cn2-c1ncns1. The van der Waals surface area contributed by atoms with E-state index in [4.69, 9.17) is 4.84 Å². The monoisotopic (exact) mass is 428 g/mol. The quantitative estimate of drug-likeness (QED) is 0.628. The molecule has 0 amide bonds. The third-order valence-electron chi connectivity index (χ3n) is 4.45. The van der Waals surface area contributed by atoms with Crippen molar-refractivity contribution in [2.24, 2.45) is 5.16 Å². The number of fused-ring (bicyclic) bond motifs is 1. The van der Waals surface area contributed by atoms with E-state index in [1.807, 2.05) is 25.7 Å². The molecule has 30 heavy (non-hydrogen) atoms. The number of pyridine rings is 2. The van der Waals surface area contributed by atoms with Crippen LogP contribution in [0.2, 0.25) is 0 Å². The molecule has 1 aliphatic heterocycles. The predicted molar refractivity (Wildman–Crippen MR) is 113 cm³/mol. The molecule has 10 nitrogen and oxygen atoms in total. The van der Waals surface area contributed by atoms with Crippen molar-refractivity contribution in [3.05, 3.63) is 39.9 Å². The average molecular weight is 428 g/mol. The van der Waals surface area contributed by atoms with E-state index in [0.29, 0.717) is 35.2 Å². The largest absolute Gasteiger partial charge is 0.477 e. The Morgan fingerprint density at radius 3 is 2.67 bits per heavy atom. The molecule has 0 bridgehead atoms. The molecule has 4 heterocycles. The molecule has 1 saturated heterocycles. The minimum atomic E-state index is -1.30. The number of carbonyl (C=O) groups is 1. The molecule has 1 N–H and O–H groups in total. The average Bonchev–Trinajstić information content (AvgIpc) is 3.13. The maximum Gasteiger partial charge on any atom is 0.341 e. The Bertz CT molecular complexity index is 1220. The minimum Gasteiger partial charge on any atom is -0.477 e. The van der Waals surface area contributed by atoms with Gasteiger partial charge >= 0.3 is 5.97 Å². The van der Waals surface area contributed by atoms with Crippen molar-refractivity contribution in [1.29, 1.82) is 0 Å². The minimum absolute atomic E-state index is 0.249. The molecule has 0 unspecified atom stereocenters. The summed E-state index contributed by atoms with van der Waals surface area (Å²) in [6.45, 7) is 8.68. The zero-order chi connectivity index (χ0) is 21.6. The zero-order valence-electron chi connectivity index (χ0n) is 16.9. The van der Waals surface area contributed by atoms with E-state index in [0.717, 1.165) is 17.2 Å². The van der Waals surface area contributed by atoms with E-state index in [1.54, 1.807) is 13.0 Å². The molecule has 156 valence electrons. The molecule has 0 atom stereocenters. The molecular formula is C19H20N6O4S. The topological polar surface area (TPSA) is 123 Å². The second-order valence-electron chi connectivity index (χ2n) is 7.98. The van der Waals surface area contributed by atoms with Crippen LogP contribution in [-0.4, -0.2) is 54.4 Å². The molecule has 3 aromatic rings. The van der Waals surface area contributed by atoms with Crippen molar-refractivity contribution in [2.75, 3.05) is 18.0 Å². The lowest BCUT2D eigenvalue weighted by molar-refractivity contribution is 0.0000650. The number of rotatable bonds is 4. The maximum atomic E-state index is 12.8. The number of aryl methyl sites for hydroxylation is 1. The summed E-state index contributed by atoms with van der Waals surface area (Å²) in [7, 11) is 0. The van der Waals surface area contributed by atoms with Gasteiger partial charge in [-0.05, 0) is 39.3 Å². The Morgan fingerprint density at radius 1 is 1.33 bits per heavy atom. The lowest BCUT2D eigenvalue weighted by Crippen LogP contribution is -2.48. The summed E-state index contributed by atoms with van der Waals surface area (Å²) in [6, 6.07) is 1.78. The molecular weight excluding hydrogens is 408 g/mol. The van der Waals surface area contributed by atoms with Gasteiger partial charge in [-0.15, -0.1) is 0 Å². The van der Waals surface area contributed by atoms with E-state index >= 15 is 0 Å². The van der Waals surface area contributed by atoms with Crippen molar-refractivity contribution in [2.45, 2.75) is 33.3 Å². The summed E-state index contributed by atoms with van der Waals surface area (Å²) in [5.74, 6) is -0.637. The molecule has 11 heteroatoms. The van der Waals surface area contributed by atoms with E-state index < -0.39 is 11.4 Å². The Hall–Kier alpha value is -3.34. The van der Waals surface area contributed by atoms with Crippen LogP contribution < -0.4 is 10.3 Å². The zero-order valence-corrected chi connectivity index (χ0v) is 17.7. The van der Waals surface area contributed by atoms with Crippen LogP contribution in [0.1, 0.15) is 36.7 Å². The summed E-state index contributed by atoms with van der Waals surface area (Å²) in [6.07, 6.45) is 2.62. The highest BCUT2D eigenvalue weighted by Gasteiger charge is 2.27. The molecule has 3 aromatic heterocycles. The van der Waals surface area contributed by atoms with Crippen LogP contribution in [0.4, 0.5) is 5.82 Å². The van der Waals surface area contributed by atoms with Gasteiger partial charge < -0.3 is 14.8 Å². The van der Waals surface area contributed by atoms with Gasteiger partial charge in [0.2, 0.25) is 10.6 Å². The number of carboxylic acid groups (broad SMARTS) is 1. The number of oxime groups is 1. The van der Waals surface area contributed by atoms with E-state index in [9.17, 15) is 14.7 Å². The summed E-state index contributed by atoms with van der Waals surface area (Å²) in [4.78, 5) is 40.7. The fraction of sp³-hybridized carbons (Fsp3) is 0.368. The van der Waals surface area contributed by atoms with E-state index in [-0.39, 0.29) is 16.6 Å². The van der Waals surface area contributed by atoms with Gasteiger partial charge in [0.1, 0.15) is 23.3 Å². The van der Waals surface area contributed by atoms with Crippen molar-refractivity contribution >= 4 is 40.1 Å². The Balaban J connectivity index is 1.79. The molecule has 4 rings (SSSR count). The van der Waals surface area contributed by atoms with Gasteiger partial charge in [-0.25, -0.2) is 14.8 Å². The summed E-state index contributed by atoms with van der Waals surface area (Å²) < 4.78 is 5.48. The van der Waals surface area contributed by atoms with Gasteiger partial charge in [-0.2, -0.15) is 4.37 Å². The first-order valence-electron chi connectivity index (χ1n) is 9.20. The van der Waals surface area contributed by atoms with Crippen LogP contribution in [0, 0.1) is 6.92 Å². The van der Waals surface area contributed by atoms with Crippen LogP contribution >= 0.6 is 11.5 Å². The summed E-state index contributed by atoms with van der Waals surface area (Å²) in [5.41, 5.74) is 0.607. The van der Waals surface area contributed by atoms with Crippen molar-refractivity contribution in [3.8, 4) is 5.13 Å². The number of carboxylic acids is 1. The van der Waals surface area contributed by atoms with Gasteiger partial charge in [0.05, 0.1) is 24.2 Å². The second-order valence-corrected chi connectivity index (χ2v) is 8.74. The van der Waals surface area contributed by atoms with Gasteiger partial charge in [-0.1, -0.05) is 5.16 Å². The molecule has 0 saturated carbocycles. The maximum absolute atomic E-state index is 12.8. The fourth-order valence-electron chi connectivity index (χ4n) is 3.03. The Kier molecular flexibility index (Phi) is 4.77. The number of hydrogen-bond donors (Lipinski definition) is 1. The second kappa shape index (κ2) is 7.17. The lowest BCUT2D eigenvalue weighted by Gasteiger charge is -2.34. The molecule has 1 aliphatic rings. The molecule has 0 radical (unpaired) electrons. The molecule has 0 aliphatic carbocycles. The number of aromatic nitrogens is 4. The highest BCUT2D eigenvalue weighted by molar-refractivity contribution is 7.08. The summed E-state index contributed by atoms with van der Waals surface area (Å²) in [5, 5.41) is 14.3. The van der Waals surface area contributed by atoms with Crippen LogP contribution in [0.25, 0.3) is 16.2 Å². The predicted octanol–water partition coefficient (Wildman–Crippen LogP) is 2.23. The lowest BCUT2D eigenvalue weighted by atomic mass is 10.1. The van der Waals surface area contributed by atoms with Gasteiger partial charge in [0.25, 0.3) is 0 Å². The fourth-order valence-corrected chi connectivity index (χ4v) is 3.54. The number of aromatic carboxylic acids is 1. The third kappa shape index (κ3) is 3.63. The van der Waals surface area contributed by atoms with Crippen LogP contribution in [0.5, 0.6) is 0 Å². The van der Waals surface area contributed by atoms with Crippen molar-refractivity contribution < 1.29 is 14.7 Å². The Labute approximate surface area is 175 Å². The van der Waals surface area contributed by atoms with Crippen molar-refractivity contribution in [3.63, 3.8) is 0 Å². The first-order chi connectivity index (χ1) is 14.1. The Morgan fingerprint density at radius 2 is 2.07 bits per heavy atom. The molecule has 0 spiro atoms. The smallest absolute Gasteiger partial charge is 0.341 e. The van der Waals surface area contributed by atoms with Crippen LogP contribution in [0.3, 0.4) is 0 Å². The first-order valence-corrected chi connectivity index (χ1v) is 9.97.